The number of likely N-dealkylation sites (N-methyl/N-ethyl adjacent to an activating group) is 1. The Morgan fingerprint density at radius 1 is 1.04 bits per heavy atom. The largest absolute Gasteiger partial charge is 0.353 e. The van der Waals surface area contributed by atoms with E-state index in [1.165, 1.54) is 0 Å². The smallest absolute Gasteiger partial charge is 0.223 e. The van der Waals surface area contributed by atoms with Crippen LogP contribution in [0.25, 0.3) is 0 Å². The van der Waals surface area contributed by atoms with Gasteiger partial charge in [-0.2, -0.15) is 0 Å². The summed E-state index contributed by atoms with van der Waals surface area (Å²) in [4.78, 5) is 31.4. The van der Waals surface area contributed by atoms with Gasteiger partial charge in [0.15, 0.2) is 0 Å². The summed E-state index contributed by atoms with van der Waals surface area (Å²) in [5, 5.41) is 3.16. The zero-order chi connectivity index (χ0) is 19.4. The van der Waals surface area contributed by atoms with E-state index in [2.05, 4.69) is 26.9 Å². The van der Waals surface area contributed by atoms with Crippen LogP contribution in [0.5, 0.6) is 0 Å². The van der Waals surface area contributed by atoms with Crippen molar-refractivity contribution in [3.05, 3.63) is 0 Å². The molecule has 1 spiro atoms. The minimum absolute atomic E-state index is 0. The molecule has 27 heavy (non-hydrogen) atoms. The van der Waals surface area contributed by atoms with Crippen molar-refractivity contribution in [2.45, 2.75) is 58.9 Å². The quantitative estimate of drug-likeness (QED) is 0.763. The summed E-state index contributed by atoms with van der Waals surface area (Å²) in [5.41, 5.74) is 0.377. The highest BCUT2D eigenvalue weighted by atomic mass is 16.2. The summed E-state index contributed by atoms with van der Waals surface area (Å²) >= 11 is 0. The van der Waals surface area contributed by atoms with Crippen LogP contribution in [0.3, 0.4) is 0 Å². The average molecular weight is 381 g/mol. The maximum atomic E-state index is 12.6. The molecule has 0 unspecified atom stereocenters. The Bertz CT molecular complexity index is 518. The number of nitrogens with zero attached hydrogens (tertiary/aromatic N) is 3. The van der Waals surface area contributed by atoms with Gasteiger partial charge in [0.2, 0.25) is 11.8 Å². The predicted octanol–water partition coefficient (Wildman–Crippen LogP) is 1.80. The first-order valence-corrected chi connectivity index (χ1v) is 10.9. The minimum atomic E-state index is 0. The lowest BCUT2D eigenvalue weighted by Crippen LogP contribution is -2.56. The molecular weight excluding hydrogens is 340 g/mol. The standard InChI is InChI=1S/C21H38N4O2.H2/c1-4-23-11-13-24(14-12-23)8-5-19(26)25-9-6-21(7-10-25)15-18(16-21)22-20(27)17(2)3;/h17-18H,4-16H2,1-3H3,(H,22,27);1H. The molecule has 2 amide bonds. The van der Waals surface area contributed by atoms with Gasteiger partial charge in [-0.15, -0.1) is 0 Å². The second kappa shape index (κ2) is 8.91. The number of hydrogen-bond donors (Lipinski definition) is 1. The van der Waals surface area contributed by atoms with E-state index in [9.17, 15) is 9.59 Å². The number of rotatable bonds is 6. The topological polar surface area (TPSA) is 55.9 Å². The van der Waals surface area contributed by atoms with E-state index in [4.69, 9.17) is 0 Å². The van der Waals surface area contributed by atoms with Crippen molar-refractivity contribution in [2.75, 3.05) is 52.4 Å². The summed E-state index contributed by atoms with van der Waals surface area (Å²) in [6.45, 7) is 14.4. The first-order chi connectivity index (χ1) is 12.9. The van der Waals surface area contributed by atoms with E-state index in [0.717, 1.165) is 78.0 Å². The zero-order valence-corrected chi connectivity index (χ0v) is 17.5. The molecule has 6 heteroatoms. The lowest BCUT2D eigenvalue weighted by atomic mass is 9.60. The molecule has 0 atom stereocenters. The van der Waals surface area contributed by atoms with Crippen LogP contribution in [0.4, 0.5) is 0 Å². The predicted molar refractivity (Wildman–Crippen MR) is 110 cm³/mol. The molecule has 0 aromatic rings. The molecule has 2 heterocycles. The highest BCUT2D eigenvalue weighted by Crippen LogP contribution is 2.49. The van der Waals surface area contributed by atoms with Gasteiger partial charge < -0.3 is 20.0 Å². The third-order valence-electron chi connectivity index (χ3n) is 6.96. The average Bonchev–Trinajstić information content (AvgIpc) is 2.65. The van der Waals surface area contributed by atoms with E-state index in [-0.39, 0.29) is 13.3 Å². The molecule has 0 aromatic heterocycles. The molecule has 156 valence electrons. The molecule has 3 fully saturated rings. The summed E-state index contributed by atoms with van der Waals surface area (Å²) in [7, 11) is 0. The van der Waals surface area contributed by atoms with Gasteiger partial charge in [0.25, 0.3) is 0 Å². The van der Waals surface area contributed by atoms with Gasteiger partial charge in [0.05, 0.1) is 0 Å². The van der Waals surface area contributed by atoms with Crippen LogP contribution in [0.15, 0.2) is 0 Å². The second-order valence-electron chi connectivity index (χ2n) is 9.18. The molecule has 1 saturated carbocycles. The Labute approximate surface area is 166 Å². The summed E-state index contributed by atoms with van der Waals surface area (Å²) in [6, 6.07) is 0.351. The number of carbonyl (C=O) groups is 2. The molecule has 0 aromatic carbocycles. The number of piperazine rings is 1. The van der Waals surface area contributed by atoms with Gasteiger partial charge in [-0.1, -0.05) is 20.8 Å². The number of likely N-dealkylation sites (tertiary alicyclic amines) is 1. The monoisotopic (exact) mass is 380 g/mol. The van der Waals surface area contributed by atoms with Crippen molar-refractivity contribution < 1.29 is 11.0 Å². The molecule has 6 nitrogen and oxygen atoms in total. The van der Waals surface area contributed by atoms with Gasteiger partial charge >= 0.3 is 0 Å². The van der Waals surface area contributed by atoms with E-state index in [0.29, 0.717) is 23.8 Å². The number of amides is 2. The van der Waals surface area contributed by atoms with E-state index in [1.54, 1.807) is 0 Å². The van der Waals surface area contributed by atoms with Crippen LogP contribution in [0.2, 0.25) is 0 Å². The Hall–Kier alpha value is -1.14. The van der Waals surface area contributed by atoms with Crippen molar-refractivity contribution >= 4 is 11.8 Å². The van der Waals surface area contributed by atoms with Gasteiger partial charge in [-0.05, 0) is 37.6 Å². The molecule has 3 rings (SSSR count). The summed E-state index contributed by atoms with van der Waals surface area (Å²) in [6.07, 6.45) is 5.04. The van der Waals surface area contributed by atoms with E-state index in [1.807, 2.05) is 13.8 Å². The fraction of sp³-hybridized carbons (Fsp3) is 0.905. The van der Waals surface area contributed by atoms with Crippen LogP contribution in [-0.2, 0) is 9.59 Å². The Balaban J connectivity index is 0.00000280. The maximum absolute atomic E-state index is 12.6. The highest BCUT2D eigenvalue weighted by Gasteiger charge is 2.46. The van der Waals surface area contributed by atoms with Gasteiger partial charge in [0, 0.05) is 65.6 Å². The first kappa shape index (κ1) is 20.6. The zero-order valence-electron chi connectivity index (χ0n) is 17.5. The molecule has 2 aliphatic heterocycles. The van der Waals surface area contributed by atoms with Crippen molar-refractivity contribution in [1.29, 1.82) is 0 Å². The lowest BCUT2D eigenvalue weighted by Gasteiger charge is -2.52. The third-order valence-corrected chi connectivity index (χ3v) is 6.96. The number of nitrogens with one attached hydrogen (secondary N) is 1. The highest BCUT2D eigenvalue weighted by molar-refractivity contribution is 5.78. The van der Waals surface area contributed by atoms with Gasteiger partial charge in [-0.25, -0.2) is 0 Å². The summed E-state index contributed by atoms with van der Waals surface area (Å²) < 4.78 is 0. The Morgan fingerprint density at radius 3 is 2.19 bits per heavy atom. The fourth-order valence-corrected chi connectivity index (χ4v) is 4.84. The third kappa shape index (κ3) is 5.23. The van der Waals surface area contributed by atoms with E-state index >= 15 is 0 Å². The molecule has 0 radical (unpaired) electrons. The fourth-order valence-electron chi connectivity index (χ4n) is 4.84. The maximum Gasteiger partial charge on any atom is 0.223 e. The van der Waals surface area contributed by atoms with Crippen LogP contribution < -0.4 is 5.32 Å². The second-order valence-corrected chi connectivity index (χ2v) is 9.18. The Morgan fingerprint density at radius 2 is 1.63 bits per heavy atom. The van der Waals surface area contributed by atoms with Crippen LogP contribution in [-0.4, -0.2) is 84.9 Å². The lowest BCUT2D eigenvalue weighted by molar-refractivity contribution is -0.135. The number of carbonyl (C=O) groups excluding carboxylic acids is 2. The van der Waals surface area contributed by atoms with Crippen LogP contribution >= 0.6 is 0 Å². The molecular formula is C21H40N4O2. The van der Waals surface area contributed by atoms with Crippen molar-refractivity contribution in [2.24, 2.45) is 11.3 Å². The molecule has 2 saturated heterocycles. The summed E-state index contributed by atoms with van der Waals surface area (Å²) in [5.74, 6) is 0.556. The SMILES string of the molecule is CCN1CCN(CCC(=O)N2CCC3(CC2)CC(NC(=O)C(C)C)C3)CC1.[HH]. The number of piperidine rings is 1. The molecule has 0 bridgehead atoms. The van der Waals surface area contributed by atoms with Crippen LogP contribution in [0, 0.1) is 11.3 Å². The minimum Gasteiger partial charge on any atom is -0.353 e. The van der Waals surface area contributed by atoms with Crippen molar-refractivity contribution in [3.8, 4) is 0 Å². The number of hydrogen-bond acceptors (Lipinski definition) is 4. The van der Waals surface area contributed by atoms with E-state index < -0.39 is 0 Å². The molecule has 3 aliphatic rings. The van der Waals surface area contributed by atoms with Crippen LogP contribution in [0.1, 0.15) is 54.3 Å². The van der Waals surface area contributed by atoms with Gasteiger partial charge in [-0.3, -0.25) is 9.59 Å². The Kier molecular flexibility index (Phi) is 6.79. The first-order valence-electron chi connectivity index (χ1n) is 10.9. The normalized spacial score (nSPS) is 24.2. The van der Waals surface area contributed by atoms with Crippen molar-refractivity contribution in [3.63, 3.8) is 0 Å². The van der Waals surface area contributed by atoms with Gasteiger partial charge in [0.1, 0.15) is 0 Å². The molecule has 1 N–H and O–H groups in total. The van der Waals surface area contributed by atoms with Crippen molar-refractivity contribution in [1.82, 2.24) is 20.0 Å². The molecule has 1 aliphatic carbocycles.